The van der Waals surface area contributed by atoms with Crippen LogP contribution in [0, 0.1) is 0 Å². The molecule has 138 valence electrons. The lowest BCUT2D eigenvalue weighted by molar-refractivity contribution is 0.175. The molecule has 0 amide bonds. The van der Waals surface area contributed by atoms with E-state index in [0.29, 0.717) is 6.61 Å². The Hall–Kier alpha value is -3.73. The molecule has 4 aromatic rings. The van der Waals surface area contributed by atoms with Gasteiger partial charge in [0.05, 0.1) is 16.7 Å². The second-order valence-electron chi connectivity index (χ2n) is 6.37. The minimum Gasteiger partial charge on any atom is -0.391 e. The van der Waals surface area contributed by atoms with Crippen molar-refractivity contribution in [2.45, 2.75) is 6.92 Å². The van der Waals surface area contributed by atoms with Crippen LogP contribution >= 0.6 is 0 Å². The molecule has 0 saturated heterocycles. The number of imidazole rings is 1. The molecule has 0 N–H and O–H groups in total. The van der Waals surface area contributed by atoms with Crippen LogP contribution in [-0.4, -0.2) is 26.9 Å². The van der Waals surface area contributed by atoms with Crippen LogP contribution in [0.5, 0.6) is 0 Å². The van der Waals surface area contributed by atoms with Gasteiger partial charge in [-0.05, 0) is 42.8 Å². The summed E-state index contributed by atoms with van der Waals surface area (Å²) in [5.74, 6) is 0. The SMILES string of the molecule is C=CCON=C(C)c1ccc2c(c1)ncn2-c1cccc(-c2cccnc2)c1. The maximum atomic E-state index is 5.18. The van der Waals surface area contributed by atoms with Gasteiger partial charge in [0.2, 0.25) is 0 Å². The van der Waals surface area contributed by atoms with Crippen LogP contribution < -0.4 is 0 Å². The molecular formula is C23H20N4O. The molecule has 0 fully saturated rings. The zero-order chi connectivity index (χ0) is 19.3. The first-order chi connectivity index (χ1) is 13.8. The molecule has 0 bridgehead atoms. The summed E-state index contributed by atoms with van der Waals surface area (Å²) in [6, 6.07) is 18.5. The van der Waals surface area contributed by atoms with Crippen LogP contribution in [0.15, 0.2) is 91.1 Å². The molecule has 0 aliphatic carbocycles. The van der Waals surface area contributed by atoms with E-state index in [1.54, 1.807) is 12.3 Å². The molecule has 4 rings (SSSR count). The molecule has 0 aliphatic rings. The van der Waals surface area contributed by atoms with Crippen molar-refractivity contribution >= 4 is 16.7 Å². The standard InChI is InChI=1S/C23H20N4O/c1-3-12-28-26-17(2)18-9-10-23-22(14-18)25-16-27(23)21-8-4-6-19(13-21)20-7-5-11-24-15-20/h3-11,13-16H,1,12H2,2H3. The molecule has 0 aliphatic heterocycles. The number of fused-ring (bicyclic) bond motifs is 1. The van der Waals surface area contributed by atoms with E-state index in [2.05, 4.69) is 56.6 Å². The Bertz CT molecular complexity index is 1150. The summed E-state index contributed by atoms with van der Waals surface area (Å²) >= 11 is 0. The maximum Gasteiger partial charge on any atom is 0.135 e. The van der Waals surface area contributed by atoms with Crippen molar-refractivity contribution in [3.63, 3.8) is 0 Å². The number of benzene rings is 2. The summed E-state index contributed by atoms with van der Waals surface area (Å²) in [7, 11) is 0. The van der Waals surface area contributed by atoms with Crippen molar-refractivity contribution in [1.82, 2.24) is 14.5 Å². The Morgan fingerprint density at radius 3 is 2.86 bits per heavy atom. The van der Waals surface area contributed by atoms with Crippen LogP contribution in [0.4, 0.5) is 0 Å². The van der Waals surface area contributed by atoms with E-state index < -0.39 is 0 Å². The highest BCUT2D eigenvalue weighted by atomic mass is 16.6. The summed E-state index contributed by atoms with van der Waals surface area (Å²) in [6.45, 7) is 5.92. The first-order valence-electron chi connectivity index (χ1n) is 9.02. The van der Waals surface area contributed by atoms with Gasteiger partial charge in [-0.15, -0.1) is 0 Å². The number of hydrogen-bond acceptors (Lipinski definition) is 4. The Labute approximate surface area is 163 Å². The van der Waals surface area contributed by atoms with Gasteiger partial charge in [0.1, 0.15) is 12.9 Å². The van der Waals surface area contributed by atoms with Gasteiger partial charge in [0, 0.05) is 29.2 Å². The lowest BCUT2D eigenvalue weighted by atomic mass is 10.1. The van der Waals surface area contributed by atoms with E-state index in [9.17, 15) is 0 Å². The van der Waals surface area contributed by atoms with Crippen LogP contribution in [0.1, 0.15) is 12.5 Å². The summed E-state index contributed by atoms with van der Waals surface area (Å²) < 4.78 is 2.08. The second kappa shape index (κ2) is 7.88. The van der Waals surface area contributed by atoms with Gasteiger partial charge in [0.15, 0.2) is 0 Å². The van der Waals surface area contributed by atoms with Crippen molar-refractivity contribution in [3.05, 3.63) is 91.5 Å². The molecule has 28 heavy (non-hydrogen) atoms. The van der Waals surface area contributed by atoms with Crippen LogP contribution in [0.2, 0.25) is 0 Å². The Kier molecular flexibility index (Phi) is 4.97. The van der Waals surface area contributed by atoms with Gasteiger partial charge in [0.25, 0.3) is 0 Å². The molecule has 0 atom stereocenters. The topological polar surface area (TPSA) is 52.3 Å². The first kappa shape index (κ1) is 17.7. The maximum absolute atomic E-state index is 5.18. The fourth-order valence-electron chi connectivity index (χ4n) is 3.05. The predicted octanol–water partition coefficient (Wildman–Crippen LogP) is 5.01. The van der Waals surface area contributed by atoms with Gasteiger partial charge in [-0.1, -0.05) is 42.1 Å². The minimum absolute atomic E-state index is 0.390. The summed E-state index contributed by atoms with van der Waals surface area (Å²) in [5.41, 5.74) is 6.97. The normalized spacial score (nSPS) is 11.5. The number of aromatic nitrogens is 3. The number of pyridine rings is 1. The summed E-state index contributed by atoms with van der Waals surface area (Å²) in [4.78, 5) is 14.0. The summed E-state index contributed by atoms with van der Waals surface area (Å²) in [5, 5.41) is 4.11. The molecule has 2 aromatic carbocycles. The van der Waals surface area contributed by atoms with E-state index in [4.69, 9.17) is 4.84 Å². The number of oxime groups is 1. The second-order valence-corrected chi connectivity index (χ2v) is 6.37. The third kappa shape index (κ3) is 3.55. The van der Waals surface area contributed by atoms with Crippen LogP contribution in [-0.2, 0) is 4.84 Å². The highest BCUT2D eigenvalue weighted by molar-refractivity contribution is 6.01. The van der Waals surface area contributed by atoms with Crippen molar-refractivity contribution < 1.29 is 4.84 Å². The third-order valence-corrected chi connectivity index (χ3v) is 4.48. The van der Waals surface area contributed by atoms with Crippen molar-refractivity contribution in [1.29, 1.82) is 0 Å². The van der Waals surface area contributed by atoms with E-state index in [0.717, 1.165) is 39.1 Å². The Morgan fingerprint density at radius 1 is 1.14 bits per heavy atom. The molecule has 0 saturated carbocycles. The largest absolute Gasteiger partial charge is 0.391 e. The first-order valence-corrected chi connectivity index (χ1v) is 9.02. The molecule has 0 radical (unpaired) electrons. The van der Waals surface area contributed by atoms with E-state index in [1.807, 2.05) is 43.7 Å². The Balaban J connectivity index is 1.69. The van der Waals surface area contributed by atoms with Gasteiger partial charge in [-0.25, -0.2) is 4.98 Å². The van der Waals surface area contributed by atoms with Gasteiger partial charge in [-0.2, -0.15) is 0 Å². The monoisotopic (exact) mass is 368 g/mol. The van der Waals surface area contributed by atoms with E-state index in [1.165, 1.54) is 0 Å². The van der Waals surface area contributed by atoms with Crippen molar-refractivity contribution in [2.75, 3.05) is 6.61 Å². The minimum atomic E-state index is 0.390. The van der Waals surface area contributed by atoms with Gasteiger partial charge in [-0.3, -0.25) is 9.55 Å². The molecule has 5 nitrogen and oxygen atoms in total. The molecule has 0 unspecified atom stereocenters. The van der Waals surface area contributed by atoms with Crippen molar-refractivity contribution in [3.8, 4) is 16.8 Å². The fraction of sp³-hybridized carbons (Fsp3) is 0.0870. The van der Waals surface area contributed by atoms with E-state index >= 15 is 0 Å². The van der Waals surface area contributed by atoms with Crippen molar-refractivity contribution in [2.24, 2.45) is 5.16 Å². The zero-order valence-corrected chi connectivity index (χ0v) is 15.6. The lowest BCUT2D eigenvalue weighted by Gasteiger charge is -2.08. The molecule has 5 heteroatoms. The van der Waals surface area contributed by atoms with Crippen LogP contribution in [0.25, 0.3) is 27.8 Å². The number of nitrogens with zero attached hydrogens (tertiary/aromatic N) is 4. The Morgan fingerprint density at radius 2 is 2.04 bits per heavy atom. The molecule has 2 aromatic heterocycles. The quantitative estimate of drug-likeness (QED) is 0.208. The van der Waals surface area contributed by atoms with Gasteiger partial charge < -0.3 is 4.84 Å². The zero-order valence-electron chi connectivity index (χ0n) is 15.6. The van der Waals surface area contributed by atoms with E-state index in [-0.39, 0.29) is 0 Å². The highest BCUT2D eigenvalue weighted by Crippen LogP contribution is 2.24. The third-order valence-electron chi connectivity index (χ3n) is 4.48. The number of hydrogen-bond donors (Lipinski definition) is 0. The smallest absolute Gasteiger partial charge is 0.135 e. The summed E-state index contributed by atoms with van der Waals surface area (Å²) in [6.07, 6.45) is 7.16. The molecule has 2 heterocycles. The molecular weight excluding hydrogens is 348 g/mol. The van der Waals surface area contributed by atoms with Crippen LogP contribution in [0.3, 0.4) is 0 Å². The number of rotatable bonds is 6. The predicted molar refractivity (Wildman–Crippen MR) is 113 cm³/mol. The fourth-order valence-corrected chi connectivity index (χ4v) is 3.05. The molecule has 0 spiro atoms. The highest BCUT2D eigenvalue weighted by Gasteiger charge is 2.08. The van der Waals surface area contributed by atoms with Gasteiger partial charge >= 0.3 is 0 Å². The average molecular weight is 368 g/mol. The average Bonchev–Trinajstić information content (AvgIpc) is 3.18. The lowest BCUT2D eigenvalue weighted by Crippen LogP contribution is -1.97.